The number of carbonyl (C=O) groups excluding carboxylic acids is 1. The SMILES string of the molecule is COC(=O)C(c1ccc(O)cc1)N1CCCNCC1. The van der Waals surface area contributed by atoms with E-state index in [0.717, 1.165) is 38.2 Å². The number of nitrogens with one attached hydrogen (secondary N) is 1. The van der Waals surface area contributed by atoms with E-state index in [0.29, 0.717) is 0 Å². The molecule has 104 valence electrons. The first kappa shape index (κ1) is 13.8. The van der Waals surface area contributed by atoms with Gasteiger partial charge in [0.2, 0.25) is 0 Å². The van der Waals surface area contributed by atoms with Crippen LogP contribution in [-0.2, 0) is 9.53 Å². The highest BCUT2D eigenvalue weighted by atomic mass is 16.5. The minimum Gasteiger partial charge on any atom is -0.508 e. The molecule has 1 heterocycles. The van der Waals surface area contributed by atoms with E-state index >= 15 is 0 Å². The van der Waals surface area contributed by atoms with Gasteiger partial charge in [-0.2, -0.15) is 0 Å². The molecule has 1 saturated heterocycles. The highest BCUT2D eigenvalue weighted by molar-refractivity contribution is 5.77. The fourth-order valence-electron chi connectivity index (χ4n) is 2.39. The minimum absolute atomic E-state index is 0.199. The van der Waals surface area contributed by atoms with Crippen molar-refractivity contribution in [2.75, 3.05) is 33.3 Å². The van der Waals surface area contributed by atoms with Crippen LogP contribution >= 0.6 is 0 Å². The van der Waals surface area contributed by atoms with Crippen LogP contribution < -0.4 is 5.32 Å². The number of nitrogens with zero attached hydrogens (tertiary/aromatic N) is 1. The second kappa shape index (κ2) is 6.54. The van der Waals surface area contributed by atoms with E-state index in [4.69, 9.17) is 4.74 Å². The Morgan fingerprint density at radius 3 is 2.74 bits per heavy atom. The molecule has 1 aliphatic rings. The third-order valence-corrected chi connectivity index (χ3v) is 3.37. The highest BCUT2D eigenvalue weighted by Crippen LogP contribution is 2.24. The molecule has 0 saturated carbocycles. The van der Waals surface area contributed by atoms with Crippen molar-refractivity contribution in [2.24, 2.45) is 0 Å². The van der Waals surface area contributed by atoms with Crippen LogP contribution in [0.25, 0.3) is 0 Å². The van der Waals surface area contributed by atoms with Gasteiger partial charge in [0.25, 0.3) is 0 Å². The number of hydrogen-bond donors (Lipinski definition) is 2. The van der Waals surface area contributed by atoms with Crippen molar-refractivity contribution in [1.82, 2.24) is 10.2 Å². The molecule has 0 aromatic heterocycles. The molecule has 5 nitrogen and oxygen atoms in total. The monoisotopic (exact) mass is 264 g/mol. The van der Waals surface area contributed by atoms with Gasteiger partial charge in [0.1, 0.15) is 11.8 Å². The molecule has 0 amide bonds. The fraction of sp³-hybridized carbons (Fsp3) is 0.500. The number of ether oxygens (including phenoxy) is 1. The lowest BCUT2D eigenvalue weighted by molar-refractivity contribution is -0.147. The smallest absolute Gasteiger partial charge is 0.327 e. The summed E-state index contributed by atoms with van der Waals surface area (Å²) in [6, 6.07) is 6.35. The molecular formula is C14H20N2O3. The summed E-state index contributed by atoms with van der Waals surface area (Å²) in [5.74, 6) is -0.0579. The predicted molar refractivity (Wildman–Crippen MR) is 71.9 cm³/mol. The Balaban J connectivity index is 2.24. The van der Waals surface area contributed by atoms with E-state index < -0.39 is 6.04 Å². The number of methoxy groups -OCH3 is 1. The van der Waals surface area contributed by atoms with Gasteiger partial charge < -0.3 is 15.2 Å². The van der Waals surface area contributed by atoms with Gasteiger partial charge in [-0.15, -0.1) is 0 Å². The zero-order valence-corrected chi connectivity index (χ0v) is 11.1. The molecule has 2 N–H and O–H groups in total. The summed E-state index contributed by atoms with van der Waals surface area (Å²) in [6.45, 7) is 3.50. The largest absolute Gasteiger partial charge is 0.508 e. The average molecular weight is 264 g/mol. The molecule has 2 rings (SSSR count). The van der Waals surface area contributed by atoms with Crippen molar-refractivity contribution in [3.05, 3.63) is 29.8 Å². The Morgan fingerprint density at radius 2 is 2.05 bits per heavy atom. The van der Waals surface area contributed by atoms with E-state index in [1.165, 1.54) is 7.11 Å². The normalized spacial score (nSPS) is 18.6. The Hall–Kier alpha value is -1.59. The molecule has 1 fully saturated rings. The van der Waals surface area contributed by atoms with Crippen molar-refractivity contribution in [3.8, 4) is 5.75 Å². The van der Waals surface area contributed by atoms with Gasteiger partial charge in [-0.05, 0) is 30.7 Å². The maximum atomic E-state index is 12.1. The minimum atomic E-state index is -0.398. The fourth-order valence-corrected chi connectivity index (χ4v) is 2.39. The third-order valence-electron chi connectivity index (χ3n) is 3.37. The van der Waals surface area contributed by atoms with Crippen LogP contribution in [0, 0.1) is 0 Å². The lowest BCUT2D eigenvalue weighted by Crippen LogP contribution is -2.37. The maximum absolute atomic E-state index is 12.1. The summed E-state index contributed by atoms with van der Waals surface area (Å²) in [4.78, 5) is 14.2. The number of phenolic OH excluding ortho intramolecular Hbond substituents is 1. The standard InChI is InChI=1S/C14H20N2O3/c1-19-14(18)13(11-3-5-12(17)6-4-11)16-9-2-7-15-8-10-16/h3-6,13,15,17H,2,7-10H2,1H3. The summed E-state index contributed by atoms with van der Waals surface area (Å²) < 4.78 is 4.93. The first-order valence-electron chi connectivity index (χ1n) is 6.54. The Labute approximate surface area is 113 Å². The Bertz CT molecular complexity index is 411. The molecule has 5 heteroatoms. The predicted octanol–water partition coefficient (Wildman–Crippen LogP) is 0.902. The summed E-state index contributed by atoms with van der Waals surface area (Å²) in [5.41, 5.74) is 0.853. The number of rotatable bonds is 3. The second-order valence-electron chi connectivity index (χ2n) is 4.66. The zero-order chi connectivity index (χ0) is 13.7. The van der Waals surface area contributed by atoms with Gasteiger partial charge in [0, 0.05) is 19.6 Å². The van der Waals surface area contributed by atoms with Crippen molar-refractivity contribution in [3.63, 3.8) is 0 Å². The molecule has 0 bridgehead atoms. The molecule has 1 unspecified atom stereocenters. The average Bonchev–Trinajstić information content (AvgIpc) is 2.70. The summed E-state index contributed by atoms with van der Waals surface area (Å²) in [6.07, 6.45) is 1.01. The quantitative estimate of drug-likeness (QED) is 0.794. The van der Waals surface area contributed by atoms with Gasteiger partial charge in [0.05, 0.1) is 7.11 Å². The molecule has 0 spiro atoms. The van der Waals surface area contributed by atoms with Crippen LogP contribution in [0.1, 0.15) is 18.0 Å². The molecule has 1 aliphatic heterocycles. The molecule has 19 heavy (non-hydrogen) atoms. The van der Waals surface area contributed by atoms with Crippen molar-refractivity contribution >= 4 is 5.97 Å². The number of phenols is 1. The number of aromatic hydroxyl groups is 1. The van der Waals surface area contributed by atoms with Gasteiger partial charge in [-0.1, -0.05) is 12.1 Å². The molecule has 0 aliphatic carbocycles. The number of carbonyl (C=O) groups is 1. The first-order chi connectivity index (χ1) is 9.22. The number of hydrogen-bond acceptors (Lipinski definition) is 5. The first-order valence-corrected chi connectivity index (χ1v) is 6.54. The van der Waals surface area contributed by atoms with Crippen LogP contribution in [0.15, 0.2) is 24.3 Å². The maximum Gasteiger partial charge on any atom is 0.327 e. The molecule has 1 atom stereocenters. The van der Waals surface area contributed by atoms with E-state index in [9.17, 15) is 9.90 Å². The van der Waals surface area contributed by atoms with E-state index in [2.05, 4.69) is 10.2 Å². The Kier molecular flexibility index (Phi) is 4.76. The van der Waals surface area contributed by atoms with Gasteiger partial charge in [0.15, 0.2) is 0 Å². The van der Waals surface area contributed by atoms with Gasteiger partial charge in [-0.3, -0.25) is 4.90 Å². The van der Waals surface area contributed by atoms with Crippen molar-refractivity contribution in [2.45, 2.75) is 12.5 Å². The molecule has 0 radical (unpaired) electrons. The lowest BCUT2D eigenvalue weighted by atomic mass is 10.0. The van der Waals surface area contributed by atoms with E-state index in [1.54, 1.807) is 24.3 Å². The molecule has 1 aromatic carbocycles. The van der Waals surface area contributed by atoms with Crippen LogP contribution in [0.3, 0.4) is 0 Å². The van der Waals surface area contributed by atoms with Crippen LogP contribution in [0.4, 0.5) is 0 Å². The summed E-state index contributed by atoms with van der Waals surface area (Å²) in [7, 11) is 1.41. The highest BCUT2D eigenvalue weighted by Gasteiger charge is 2.28. The third kappa shape index (κ3) is 3.45. The topological polar surface area (TPSA) is 61.8 Å². The summed E-state index contributed by atoms with van der Waals surface area (Å²) >= 11 is 0. The van der Waals surface area contributed by atoms with Crippen LogP contribution in [-0.4, -0.2) is 49.3 Å². The van der Waals surface area contributed by atoms with Crippen LogP contribution in [0.5, 0.6) is 5.75 Å². The number of esters is 1. The number of benzene rings is 1. The zero-order valence-electron chi connectivity index (χ0n) is 11.1. The second-order valence-corrected chi connectivity index (χ2v) is 4.66. The van der Waals surface area contributed by atoms with Crippen molar-refractivity contribution in [1.29, 1.82) is 0 Å². The van der Waals surface area contributed by atoms with E-state index in [-0.39, 0.29) is 11.7 Å². The molecular weight excluding hydrogens is 244 g/mol. The Morgan fingerprint density at radius 1 is 1.32 bits per heavy atom. The van der Waals surface area contributed by atoms with Crippen LogP contribution in [0.2, 0.25) is 0 Å². The van der Waals surface area contributed by atoms with Crippen molar-refractivity contribution < 1.29 is 14.6 Å². The molecule has 1 aromatic rings. The van der Waals surface area contributed by atoms with Gasteiger partial charge in [-0.25, -0.2) is 4.79 Å². The van der Waals surface area contributed by atoms with E-state index in [1.807, 2.05) is 0 Å². The van der Waals surface area contributed by atoms with Gasteiger partial charge >= 0.3 is 5.97 Å². The lowest BCUT2D eigenvalue weighted by Gasteiger charge is -2.28. The summed E-state index contributed by atoms with van der Waals surface area (Å²) in [5, 5.41) is 12.7.